The Morgan fingerprint density at radius 2 is 1.85 bits per heavy atom. The largest absolute Gasteiger partial charge is 0.388 e. The molecule has 0 bridgehead atoms. The predicted molar refractivity (Wildman–Crippen MR) is 83.0 cm³/mol. The lowest BCUT2D eigenvalue weighted by molar-refractivity contribution is 0.136. The van der Waals surface area contributed by atoms with Crippen LogP contribution in [0.5, 0.6) is 0 Å². The van der Waals surface area contributed by atoms with Gasteiger partial charge in [0.2, 0.25) is 0 Å². The third-order valence-electron chi connectivity index (χ3n) is 4.67. The summed E-state index contributed by atoms with van der Waals surface area (Å²) in [6.45, 7) is 4.22. The third kappa shape index (κ3) is 2.38. The molecule has 1 aliphatic carbocycles. The molecule has 3 rings (SSSR count). The van der Waals surface area contributed by atoms with Crippen LogP contribution in [0.25, 0.3) is 0 Å². The van der Waals surface area contributed by atoms with Crippen molar-refractivity contribution in [3.8, 4) is 0 Å². The zero-order valence-electron chi connectivity index (χ0n) is 12.3. The lowest BCUT2D eigenvalue weighted by atomic mass is 9.78. The van der Waals surface area contributed by atoms with Gasteiger partial charge in [0.05, 0.1) is 6.10 Å². The number of aryl methyl sites for hydroxylation is 3. The van der Waals surface area contributed by atoms with E-state index in [-0.39, 0.29) is 5.92 Å². The molecule has 0 spiro atoms. The number of rotatable bonds is 2. The highest BCUT2D eigenvalue weighted by Crippen LogP contribution is 2.40. The normalized spacial score (nSPS) is 19.4. The second-order valence-electron chi connectivity index (χ2n) is 5.99. The van der Waals surface area contributed by atoms with Gasteiger partial charge in [0.25, 0.3) is 0 Å². The van der Waals surface area contributed by atoms with Gasteiger partial charge < -0.3 is 5.11 Å². The highest BCUT2D eigenvalue weighted by molar-refractivity contribution is 5.37. The molecule has 2 atom stereocenters. The second kappa shape index (κ2) is 5.41. The summed E-state index contributed by atoms with van der Waals surface area (Å²) in [6.07, 6.45) is 3.00. The Hall–Kier alpha value is -1.60. The van der Waals surface area contributed by atoms with Crippen LogP contribution in [0.2, 0.25) is 0 Å². The molecule has 2 aromatic rings. The van der Waals surface area contributed by atoms with E-state index in [9.17, 15) is 5.11 Å². The van der Waals surface area contributed by atoms with E-state index >= 15 is 0 Å². The Morgan fingerprint density at radius 3 is 2.65 bits per heavy atom. The molecule has 20 heavy (non-hydrogen) atoms. The number of hydrogen-bond acceptors (Lipinski definition) is 1. The summed E-state index contributed by atoms with van der Waals surface area (Å²) >= 11 is 0. The first-order valence-electron chi connectivity index (χ1n) is 7.50. The van der Waals surface area contributed by atoms with Crippen molar-refractivity contribution in [1.29, 1.82) is 0 Å². The standard InChI is InChI=1S/C19H22O/c1-13-10-11-16(12-14(13)2)19(20)18-9-5-7-15-6-3-4-8-17(15)18/h3-4,6,8,10-12,18-20H,5,7,9H2,1-2H3. The number of benzene rings is 2. The number of hydrogen-bond donors (Lipinski definition) is 1. The van der Waals surface area contributed by atoms with Crippen LogP contribution in [0, 0.1) is 13.8 Å². The molecule has 0 saturated heterocycles. The van der Waals surface area contributed by atoms with E-state index in [1.54, 1.807) is 0 Å². The van der Waals surface area contributed by atoms with Gasteiger partial charge in [0, 0.05) is 5.92 Å². The molecule has 104 valence electrons. The van der Waals surface area contributed by atoms with E-state index in [0.29, 0.717) is 0 Å². The molecule has 2 aromatic carbocycles. The minimum absolute atomic E-state index is 0.238. The monoisotopic (exact) mass is 266 g/mol. The summed E-state index contributed by atoms with van der Waals surface area (Å²) in [7, 11) is 0. The minimum Gasteiger partial charge on any atom is -0.388 e. The van der Waals surface area contributed by atoms with E-state index in [1.165, 1.54) is 28.7 Å². The number of aliphatic hydroxyl groups excluding tert-OH is 1. The fraction of sp³-hybridized carbons (Fsp3) is 0.368. The van der Waals surface area contributed by atoms with Gasteiger partial charge in [0.1, 0.15) is 0 Å². The van der Waals surface area contributed by atoms with Gasteiger partial charge in [-0.05, 0) is 60.9 Å². The van der Waals surface area contributed by atoms with Crippen molar-refractivity contribution in [1.82, 2.24) is 0 Å². The van der Waals surface area contributed by atoms with Gasteiger partial charge in [-0.2, -0.15) is 0 Å². The van der Waals surface area contributed by atoms with Crippen molar-refractivity contribution in [2.75, 3.05) is 0 Å². The summed E-state index contributed by atoms with van der Waals surface area (Å²) in [5, 5.41) is 10.8. The van der Waals surface area contributed by atoms with Gasteiger partial charge in [-0.15, -0.1) is 0 Å². The van der Waals surface area contributed by atoms with Crippen LogP contribution in [-0.4, -0.2) is 5.11 Å². The third-order valence-corrected chi connectivity index (χ3v) is 4.67. The van der Waals surface area contributed by atoms with Crippen molar-refractivity contribution >= 4 is 0 Å². The molecule has 0 aromatic heterocycles. The van der Waals surface area contributed by atoms with Crippen LogP contribution in [0.3, 0.4) is 0 Å². The molecule has 2 unspecified atom stereocenters. The van der Waals surface area contributed by atoms with Crippen molar-refractivity contribution < 1.29 is 5.11 Å². The summed E-state index contributed by atoms with van der Waals surface area (Å²) in [4.78, 5) is 0. The van der Waals surface area contributed by atoms with Gasteiger partial charge in [-0.3, -0.25) is 0 Å². The average molecular weight is 266 g/mol. The van der Waals surface area contributed by atoms with Gasteiger partial charge in [-0.1, -0.05) is 42.5 Å². The number of aliphatic hydroxyl groups is 1. The maximum Gasteiger partial charge on any atom is 0.0858 e. The van der Waals surface area contributed by atoms with Crippen LogP contribution in [0.1, 0.15) is 52.7 Å². The molecule has 0 amide bonds. The average Bonchev–Trinajstić information content (AvgIpc) is 2.49. The van der Waals surface area contributed by atoms with Crippen LogP contribution in [0.4, 0.5) is 0 Å². The molecule has 1 aliphatic rings. The zero-order chi connectivity index (χ0) is 14.1. The Kier molecular flexibility index (Phi) is 3.62. The highest BCUT2D eigenvalue weighted by atomic mass is 16.3. The molecule has 0 aliphatic heterocycles. The SMILES string of the molecule is Cc1ccc(C(O)C2CCCc3ccccc32)cc1C. The van der Waals surface area contributed by atoms with Gasteiger partial charge in [-0.25, -0.2) is 0 Å². The van der Waals surface area contributed by atoms with Crippen molar-refractivity contribution in [2.24, 2.45) is 0 Å². The predicted octanol–water partition coefficient (Wildman–Crippen LogP) is 4.46. The van der Waals surface area contributed by atoms with Crippen LogP contribution >= 0.6 is 0 Å². The molecule has 1 N–H and O–H groups in total. The lowest BCUT2D eigenvalue weighted by Crippen LogP contribution is -2.17. The highest BCUT2D eigenvalue weighted by Gasteiger charge is 2.27. The maximum absolute atomic E-state index is 10.8. The van der Waals surface area contributed by atoms with Crippen LogP contribution in [0.15, 0.2) is 42.5 Å². The van der Waals surface area contributed by atoms with E-state index in [4.69, 9.17) is 0 Å². The smallest absolute Gasteiger partial charge is 0.0858 e. The molecule has 1 heteroatoms. The van der Waals surface area contributed by atoms with E-state index < -0.39 is 6.10 Å². The summed E-state index contributed by atoms with van der Waals surface area (Å²) in [6, 6.07) is 14.9. The first kappa shape index (κ1) is 13.4. The fourth-order valence-electron chi connectivity index (χ4n) is 3.30. The molecule has 0 saturated carbocycles. The zero-order valence-corrected chi connectivity index (χ0v) is 12.3. The fourth-order valence-corrected chi connectivity index (χ4v) is 3.30. The van der Waals surface area contributed by atoms with Crippen LogP contribution in [-0.2, 0) is 6.42 Å². The molecule has 0 heterocycles. The van der Waals surface area contributed by atoms with Crippen molar-refractivity contribution in [2.45, 2.75) is 45.1 Å². The van der Waals surface area contributed by atoms with E-state index in [0.717, 1.165) is 18.4 Å². The summed E-state index contributed by atoms with van der Waals surface area (Å²) < 4.78 is 0. The van der Waals surface area contributed by atoms with Gasteiger partial charge in [0.15, 0.2) is 0 Å². The Balaban J connectivity index is 1.95. The topological polar surface area (TPSA) is 20.2 Å². The molecule has 0 fully saturated rings. The second-order valence-corrected chi connectivity index (χ2v) is 5.99. The number of fused-ring (bicyclic) bond motifs is 1. The first-order valence-corrected chi connectivity index (χ1v) is 7.50. The summed E-state index contributed by atoms with van der Waals surface area (Å²) in [5.74, 6) is 0.238. The van der Waals surface area contributed by atoms with E-state index in [1.807, 2.05) is 0 Å². The molecular formula is C19H22O. The Morgan fingerprint density at radius 1 is 1.05 bits per heavy atom. The van der Waals surface area contributed by atoms with Crippen LogP contribution < -0.4 is 0 Å². The molecule has 0 radical (unpaired) electrons. The van der Waals surface area contributed by atoms with Crippen molar-refractivity contribution in [3.05, 3.63) is 70.3 Å². The maximum atomic E-state index is 10.8. The summed E-state index contributed by atoms with van der Waals surface area (Å²) in [5.41, 5.74) is 6.33. The first-order chi connectivity index (χ1) is 9.66. The minimum atomic E-state index is -0.393. The molecule has 1 nitrogen and oxygen atoms in total. The van der Waals surface area contributed by atoms with Crippen molar-refractivity contribution in [3.63, 3.8) is 0 Å². The lowest BCUT2D eigenvalue weighted by Gasteiger charge is -2.30. The van der Waals surface area contributed by atoms with Gasteiger partial charge >= 0.3 is 0 Å². The van der Waals surface area contributed by atoms with E-state index in [2.05, 4.69) is 56.3 Å². The Bertz CT molecular complexity index is 615. The molecular weight excluding hydrogens is 244 g/mol. The quantitative estimate of drug-likeness (QED) is 0.851. The Labute approximate surface area is 121 Å².